The maximum absolute atomic E-state index is 13.0. The molecule has 0 aliphatic rings. The largest absolute Gasteiger partial charge is 0.478 e. The van der Waals surface area contributed by atoms with E-state index in [2.05, 4.69) is 87.9 Å². The minimum atomic E-state index is -1.22. The number of fused-ring (bicyclic) bond motifs is 1. The van der Waals surface area contributed by atoms with Crippen LogP contribution in [0.5, 0.6) is 0 Å². The molecule has 0 radical (unpaired) electrons. The average Bonchev–Trinajstić information content (AvgIpc) is 3.02. The number of nitrogens with zero attached hydrogens (tertiary/aromatic N) is 1. The molecule has 0 aliphatic heterocycles. The second kappa shape index (κ2) is 9.35. The van der Waals surface area contributed by atoms with Crippen LogP contribution >= 0.6 is 86.8 Å². The van der Waals surface area contributed by atoms with Gasteiger partial charge < -0.3 is 10.4 Å². The molecule has 2 N–H and O–H groups in total. The number of nitrogens with one attached hydrogen (secondary N) is 1. The number of benzene rings is 2. The number of rotatable bonds is 5. The van der Waals surface area contributed by atoms with Gasteiger partial charge in [-0.1, -0.05) is 25.6 Å². The van der Waals surface area contributed by atoms with Crippen molar-refractivity contribution in [3.8, 4) is 0 Å². The standard InChI is InChI=1S/C18H12Br4N2O3S2/c1-6(2)28-18-24-8-4-3-7(5-9(8)29-18)23-16(25)10-11(17(26)27)13(20)15(22)14(21)12(10)19/h3-6H,1-2H3,(H,23,25)(H,26,27). The third-order valence-electron chi connectivity index (χ3n) is 3.67. The molecule has 3 aromatic rings. The molecule has 2 aromatic carbocycles. The Morgan fingerprint density at radius 1 is 1.07 bits per heavy atom. The average molecular weight is 688 g/mol. The summed E-state index contributed by atoms with van der Waals surface area (Å²) < 4.78 is 3.57. The van der Waals surface area contributed by atoms with Gasteiger partial charge in [-0.25, -0.2) is 9.78 Å². The first kappa shape index (κ1) is 23.2. The molecule has 5 nitrogen and oxygen atoms in total. The van der Waals surface area contributed by atoms with Crippen molar-refractivity contribution in [2.75, 3.05) is 5.32 Å². The molecule has 3 rings (SSSR count). The smallest absolute Gasteiger partial charge is 0.337 e. The molecule has 0 saturated heterocycles. The van der Waals surface area contributed by atoms with E-state index in [9.17, 15) is 14.7 Å². The van der Waals surface area contributed by atoms with Crippen molar-refractivity contribution < 1.29 is 14.7 Å². The summed E-state index contributed by atoms with van der Waals surface area (Å²) in [6.07, 6.45) is 0. The maximum Gasteiger partial charge on any atom is 0.337 e. The fourth-order valence-corrected chi connectivity index (χ4v) is 7.27. The van der Waals surface area contributed by atoms with Gasteiger partial charge in [0.15, 0.2) is 4.34 Å². The fourth-order valence-electron chi connectivity index (χ4n) is 2.47. The molecule has 0 fully saturated rings. The lowest BCUT2D eigenvalue weighted by Crippen LogP contribution is -2.18. The number of carbonyl (C=O) groups excluding carboxylic acids is 1. The van der Waals surface area contributed by atoms with Crippen molar-refractivity contribution in [2.45, 2.75) is 23.4 Å². The SMILES string of the molecule is CC(C)Sc1nc2ccc(NC(=O)c3c(Br)c(Br)c(Br)c(Br)c3C(=O)O)cc2s1. The van der Waals surface area contributed by atoms with Crippen molar-refractivity contribution in [2.24, 2.45) is 0 Å². The van der Waals surface area contributed by atoms with Crippen LogP contribution in [0.25, 0.3) is 10.2 Å². The number of carboxylic acids is 1. The number of carbonyl (C=O) groups is 2. The Hall–Kier alpha value is -0.460. The molecule has 0 saturated carbocycles. The van der Waals surface area contributed by atoms with Gasteiger partial charge in [-0.15, -0.1) is 11.3 Å². The van der Waals surface area contributed by atoms with Crippen molar-refractivity contribution in [1.82, 2.24) is 4.98 Å². The van der Waals surface area contributed by atoms with Gasteiger partial charge in [0.25, 0.3) is 5.91 Å². The van der Waals surface area contributed by atoms with Gasteiger partial charge in [-0.3, -0.25) is 4.79 Å². The minimum Gasteiger partial charge on any atom is -0.478 e. The lowest BCUT2D eigenvalue weighted by molar-refractivity contribution is 0.0691. The zero-order valence-electron chi connectivity index (χ0n) is 14.8. The quantitative estimate of drug-likeness (QED) is 0.163. The van der Waals surface area contributed by atoms with Crippen LogP contribution in [0.4, 0.5) is 5.69 Å². The predicted octanol–water partition coefficient (Wildman–Crippen LogP) is 7.80. The van der Waals surface area contributed by atoms with Crippen molar-refractivity contribution >= 4 is 115 Å². The minimum absolute atomic E-state index is 0.0138. The summed E-state index contributed by atoms with van der Waals surface area (Å²) in [5.41, 5.74) is 1.29. The maximum atomic E-state index is 13.0. The Bertz CT molecular complexity index is 1150. The van der Waals surface area contributed by atoms with E-state index < -0.39 is 11.9 Å². The predicted molar refractivity (Wildman–Crippen MR) is 133 cm³/mol. The first-order chi connectivity index (χ1) is 13.6. The molecule has 0 bridgehead atoms. The molecular weight excluding hydrogens is 676 g/mol. The summed E-state index contributed by atoms with van der Waals surface area (Å²) in [6.45, 7) is 4.21. The van der Waals surface area contributed by atoms with E-state index in [-0.39, 0.29) is 15.6 Å². The molecule has 152 valence electrons. The van der Waals surface area contributed by atoms with Gasteiger partial charge in [0, 0.05) is 28.8 Å². The highest BCUT2D eigenvalue weighted by Crippen LogP contribution is 2.42. The van der Waals surface area contributed by atoms with E-state index in [1.807, 2.05) is 12.1 Å². The monoisotopic (exact) mass is 684 g/mol. The molecule has 0 aliphatic carbocycles. The Balaban J connectivity index is 1.99. The van der Waals surface area contributed by atoms with Gasteiger partial charge in [-0.05, 0) is 81.9 Å². The normalized spacial score (nSPS) is 11.3. The lowest BCUT2D eigenvalue weighted by Gasteiger charge is -2.14. The summed E-state index contributed by atoms with van der Waals surface area (Å²) in [6, 6.07) is 5.43. The second-order valence-corrected chi connectivity index (χ2v) is 12.1. The Morgan fingerprint density at radius 3 is 2.28 bits per heavy atom. The molecule has 1 amide bonds. The number of amides is 1. The molecule has 1 heterocycles. The van der Waals surface area contributed by atoms with Crippen LogP contribution in [0.15, 0.2) is 40.4 Å². The van der Waals surface area contributed by atoms with Crippen LogP contribution < -0.4 is 5.32 Å². The van der Waals surface area contributed by atoms with Crippen LogP contribution in [-0.2, 0) is 0 Å². The van der Waals surface area contributed by atoms with Gasteiger partial charge in [0.2, 0.25) is 0 Å². The number of carboxylic acid groups (broad SMARTS) is 1. The summed E-state index contributed by atoms with van der Waals surface area (Å²) in [5, 5.41) is 12.9. The number of anilines is 1. The highest BCUT2D eigenvalue weighted by molar-refractivity contribution is 9.15. The number of halogens is 4. The molecule has 1 aromatic heterocycles. The number of hydrogen-bond acceptors (Lipinski definition) is 5. The Morgan fingerprint density at radius 2 is 1.69 bits per heavy atom. The van der Waals surface area contributed by atoms with E-state index in [0.29, 0.717) is 24.4 Å². The highest BCUT2D eigenvalue weighted by atomic mass is 79.9. The number of aromatic carboxylic acids is 1. The molecular formula is C18H12Br4N2O3S2. The van der Waals surface area contributed by atoms with Gasteiger partial charge in [-0.2, -0.15) is 0 Å². The van der Waals surface area contributed by atoms with Gasteiger partial charge in [0.05, 0.1) is 21.3 Å². The number of aromatic nitrogens is 1. The van der Waals surface area contributed by atoms with Crippen molar-refractivity contribution in [1.29, 1.82) is 0 Å². The molecule has 0 atom stereocenters. The topological polar surface area (TPSA) is 79.3 Å². The molecule has 11 heteroatoms. The van der Waals surface area contributed by atoms with Crippen LogP contribution in [0.2, 0.25) is 0 Å². The van der Waals surface area contributed by atoms with Crippen molar-refractivity contribution in [3.63, 3.8) is 0 Å². The van der Waals surface area contributed by atoms with E-state index in [1.54, 1.807) is 29.2 Å². The fraction of sp³-hybridized carbons (Fsp3) is 0.167. The van der Waals surface area contributed by atoms with Crippen LogP contribution in [0, 0.1) is 0 Å². The van der Waals surface area contributed by atoms with Crippen LogP contribution in [0.1, 0.15) is 34.6 Å². The van der Waals surface area contributed by atoms with Crippen molar-refractivity contribution in [3.05, 3.63) is 47.2 Å². The van der Waals surface area contributed by atoms with E-state index >= 15 is 0 Å². The third kappa shape index (κ3) is 4.90. The third-order valence-corrected chi connectivity index (χ3v) is 10.6. The van der Waals surface area contributed by atoms with E-state index in [0.717, 1.165) is 14.6 Å². The Kier molecular flexibility index (Phi) is 7.49. The first-order valence-electron chi connectivity index (χ1n) is 8.08. The molecule has 0 unspecified atom stereocenters. The number of thioether (sulfide) groups is 1. The first-order valence-corrected chi connectivity index (χ1v) is 12.9. The number of hydrogen-bond donors (Lipinski definition) is 2. The molecule has 29 heavy (non-hydrogen) atoms. The van der Waals surface area contributed by atoms with Gasteiger partial charge >= 0.3 is 5.97 Å². The van der Waals surface area contributed by atoms with E-state index in [1.165, 1.54) is 0 Å². The highest BCUT2D eigenvalue weighted by Gasteiger charge is 2.28. The summed E-state index contributed by atoms with van der Waals surface area (Å²) in [7, 11) is 0. The summed E-state index contributed by atoms with van der Waals surface area (Å²) >= 11 is 16.5. The Labute approximate surface area is 208 Å². The zero-order valence-corrected chi connectivity index (χ0v) is 22.8. The number of thiazole rings is 1. The van der Waals surface area contributed by atoms with Crippen LogP contribution in [0.3, 0.4) is 0 Å². The van der Waals surface area contributed by atoms with Crippen LogP contribution in [-0.4, -0.2) is 27.2 Å². The second-order valence-electron chi connectivity index (χ2n) is 6.09. The summed E-state index contributed by atoms with van der Waals surface area (Å²) in [4.78, 5) is 29.4. The molecule has 0 spiro atoms. The van der Waals surface area contributed by atoms with E-state index in [4.69, 9.17) is 0 Å². The summed E-state index contributed by atoms with van der Waals surface area (Å²) in [5.74, 6) is -1.76. The zero-order chi connectivity index (χ0) is 21.5. The lowest BCUT2D eigenvalue weighted by atomic mass is 10.1. The van der Waals surface area contributed by atoms with Gasteiger partial charge in [0.1, 0.15) is 0 Å².